The molecule has 5 rings (SSSR count). The van der Waals surface area contributed by atoms with Crippen LogP contribution in [0.1, 0.15) is 25.3 Å². The molecule has 0 amide bonds. The number of anilines is 3. The van der Waals surface area contributed by atoms with Crippen LogP contribution in [0, 0.1) is 0 Å². The van der Waals surface area contributed by atoms with Crippen molar-refractivity contribution in [3.63, 3.8) is 0 Å². The van der Waals surface area contributed by atoms with E-state index in [9.17, 15) is 0 Å². The number of fused-ring (bicyclic) bond motifs is 1. The second kappa shape index (κ2) is 8.70. The fraction of sp³-hybridized carbons (Fsp3) is 0.391. The molecule has 1 atom stereocenters. The summed E-state index contributed by atoms with van der Waals surface area (Å²) in [6.45, 7) is 3.91. The van der Waals surface area contributed by atoms with Gasteiger partial charge in [0.2, 0.25) is 5.95 Å². The number of hydrogen-bond donors (Lipinski definition) is 2. The zero-order valence-corrected chi connectivity index (χ0v) is 19.2. The molecule has 5 heterocycles. The first-order valence-electron chi connectivity index (χ1n) is 11.2. The van der Waals surface area contributed by atoms with E-state index in [2.05, 4.69) is 50.4 Å². The third-order valence-electron chi connectivity index (χ3n) is 6.16. The van der Waals surface area contributed by atoms with Crippen molar-refractivity contribution in [1.29, 1.82) is 0 Å². The van der Waals surface area contributed by atoms with E-state index in [4.69, 9.17) is 10.5 Å². The predicted molar refractivity (Wildman–Crippen MR) is 128 cm³/mol. The second-order valence-electron chi connectivity index (χ2n) is 8.51. The molecule has 0 aliphatic carbocycles. The fourth-order valence-corrected chi connectivity index (χ4v) is 4.12. The van der Waals surface area contributed by atoms with Crippen molar-refractivity contribution in [1.82, 2.24) is 34.3 Å². The first-order chi connectivity index (χ1) is 16.0. The Morgan fingerprint density at radius 3 is 2.88 bits per heavy atom. The first-order valence-corrected chi connectivity index (χ1v) is 11.2. The molecule has 172 valence electrons. The number of likely N-dealkylation sites (N-methyl/N-ethyl adjacent to an activating group) is 1. The van der Waals surface area contributed by atoms with Gasteiger partial charge in [-0.2, -0.15) is 15.2 Å². The Bertz CT molecular complexity index is 1280. The Balaban J connectivity index is 1.41. The van der Waals surface area contributed by atoms with Crippen molar-refractivity contribution in [2.24, 2.45) is 7.05 Å². The molecule has 0 spiro atoms. The third-order valence-corrected chi connectivity index (χ3v) is 6.16. The lowest BCUT2D eigenvalue weighted by molar-refractivity contribution is 0.0771. The SMILES string of the molecule is CCCc1cnc(N)nc1Nc1cc2cc(-c3c(OC[C@H]4CCN4C)cnn3C)ccn2n1. The maximum atomic E-state index is 6.14. The molecule has 0 radical (unpaired) electrons. The van der Waals surface area contributed by atoms with E-state index >= 15 is 0 Å². The zero-order chi connectivity index (χ0) is 22.9. The molecule has 0 aromatic carbocycles. The highest BCUT2D eigenvalue weighted by molar-refractivity contribution is 5.73. The van der Waals surface area contributed by atoms with Crippen molar-refractivity contribution in [2.75, 3.05) is 31.2 Å². The molecule has 1 fully saturated rings. The van der Waals surface area contributed by atoms with Gasteiger partial charge < -0.3 is 15.8 Å². The minimum Gasteiger partial charge on any atom is -0.488 e. The van der Waals surface area contributed by atoms with Crippen LogP contribution in [0.4, 0.5) is 17.6 Å². The first kappa shape index (κ1) is 21.2. The Morgan fingerprint density at radius 2 is 2.12 bits per heavy atom. The van der Waals surface area contributed by atoms with Crippen LogP contribution in [0.15, 0.2) is 36.8 Å². The summed E-state index contributed by atoms with van der Waals surface area (Å²) in [6, 6.07) is 6.56. The van der Waals surface area contributed by atoms with Gasteiger partial charge in [0.1, 0.15) is 18.1 Å². The molecule has 33 heavy (non-hydrogen) atoms. The van der Waals surface area contributed by atoms with Crippen LogP contribution in [0.25, 0.3) is 16.8 Å². The summed E-state index contributed by atoms with van der Waals surface area (Å²) in [5.74, 6) is 2.41. The van der Waals surface area contributed by atoms with E-state index in [1.54, 1.807) is 12.4 Å². The van der Waals surface area contributed by atoms with Crippen LogP contribution in [-0.2, 0) is 13.5 Å². The maximum absolute atomic E-state index is 6.14. The second-order valence-corrected chi connectivity index (χ2v) is 8.51. The summed E-state index contributed by atoms with van der Waals surface area (Å²) in [7, 11) is 4.06. The minimum atomic E-state index is 0.236. The summed E-state index contributed by atoms with van der Waals surface area (Å²) in [5.41, 5.74) is 9.73. The highest BCUT2D eigenvalue weighted by Crippen LogP contribution is 2.31. The average molecular weight is 448 g/mol. The summed E-state index contributed by atoms with van der Waals surface area (Å²) < 4.78 is 9.82. The maximum Gasteiger partial charge on any atom is 0.221 e. The molecule has 0 saturated carbocycles. The highest BCUT2D eigenvalue weighted by atomic mass is 16.5. The number of rotatable bonds is 8. The van der Waals surface area contributed by atoms with E-state index in [0.717, 1.165) is 47.5 Å². The van der Waals surface area contributed by atoms with Gasteiger partial charge in [0.15, 0.2) is 11.6 Å². The third kappa shape index (κ3) is 4.21. The lowest BCUT2D eigenvalue weighted by Crippen LogP contribution is -2.48. The molecule has 1 aliphatic rings. The molecule has 4 aromatic rings. The summed E-state index contributed by atoms with van der Waals surface area (Å²) in [4.78, 5) is 10.8. The number of ether oxygens (including phenoxy) is 1. The number of pyridine rings is 1. The van der Waals surface area contributed by atoms with Gasteiger partial charge in [-0.1, -0.05) is 13.3 Å². The van der Waals surface area contributed by atoms with Gasteiger partial charge in [-0.25, -0.2) is 9.50 Å². The van der Waals surface area contributed by atoms with E-state index in [1.165, 1.54) is 6.42 Å². The van der Waals surface area contributed by atoms with Crippen molar-refractivity contribution in [2.45, 2.75) is 32.2 Å². The van der Waals surface area contributed by atoms with E-state index in [0.29, 0.717) is 24.3 Å². The normalized spacial score (nSPS) is 16.2. The molecule has 0 unspecified atom stereocenters. The average Bonchev–Trinajstić information content (AvgIpc) is 3.36. The molecular formula is C23H29N9O. The Labute approximate surface area is 192 Å². The standard InChI is InChI=1S/C23H29N9O/c1-4-5-16-12-25-23(24)28-22(16)27-20-11-18-10-15(6-9-32(18)29-20)21-19(13-26-31(21)3)33-14-17-7-8-30(17)2/h6,9-13,17H,4-5,7-8,14H2,1-3H3,(H3,24,25,27,28,29)/t17-/m1/s1. The number of likely N-dealkylation sites (tertiary alicyclic amines) is 1. The lowest BCUT2D eigenvalue weighted by atomic mass is 10.1. The van der Waals surface area contributed by atoms with Crippen molar-refractivity contribution >= 4 is 23.1 Å². The smallest absolute Gasteiger partial charge is 0.221 e. The number of nitrogens with two attached hydrogens (primary N) is 1. The van der Waals surface area contributed by atoms with E-state index < -0.39 is 0 Å². The number of nitrogens with zero attached hydrogens (tertiary/aromatic N) is 7. The molecule has 3 N–H and O–H groups in total. The molecule has 1 aliphatic heterocycles. The molecule has 10 nitrogen and oxygen atoms in total. The summed E-state index contributed by atoms with van der Waals surface area (Å²) in [5, 5.41) is 12.4. The Kier molecular flexibility index (Phi) is 5.59. The van der Waals surface area contributed by atoms with Gasteiger partial charge in [0, 0.05) is 42.7 Å². The number of aryl methyl sites for hydroxylation is 2. The van der Waals surface area contributed by atoms with Crippen LogP contribution in [0.3, 0.4) is 0 Å². The van der Waals surface area contributed by atoms with Crippen LogP contribution < -0.4 is 15.8 Å². The highest BCUT2D eigenvalue weighted by Gasteiger charge is 2.25. The van der Waals surface area contributed by atoms with Gasteiger partial charge in [0.05, 0.1) is 11.7 Å². The van der Waals surface area contributed by atoms with Crippen LogP contribution in [0.5, 0.6) is 5.75 Å². The van der Waals surface area contributed by atoms with Crippen molar-refractivity contribution < 1.29 is 4.74 Å². The zero-order valence-electron chi connectivity index (χ0n) is 19.2. The Hall–Kier alpha value is -3.66. The van der Waals surface area contributed by atoms with Crippen molar-refractivity contribution in [3.05, 3.63) is 42.4 Å². The van der Waals surface area contributed by atoms with E-state index in [-0.39, 0.29) is 5.95 Å². The van der Waals surface area contributed by atoms with E-state index in [1.807, 2.05) is 34.6 Å². The summed E-state index contributed by atoms with van der Waals surface area (Å²) >= 11 is 0. The minimum absolute atomic E-state index is 0.236. The van der Waals surface area contributed by atoms with Gasteiger partial charge in [-0.3, -0.25) is 9.58 Å². The number of nitrogen functional groups attached to an aromatic ring is 1. The molecule has 4 aromatic heterocycles. The lowest BCUT2D eigenvalue weighted by Gasteiger charge is -2.37. The number of aromatic nitrogens is 6. The molecular weight excluding hydrogens is 418 g/mol. The molecule has 1 saturated heterocycles. The van der Waals surface area contributed by atoms with Gasteiger partial charge in [-0.15, -0.1) is 0 Å². The van der Waals surface area contributed by atoms with Crippen LogP contribution >= 0.6 is 0 Å². The van der Waals surface area contributed by atoms with Gasteiger partial charge in [-0.05, 0) is 38.6 Å². The fourth-order valence-electron chi connectivity index (χ4n) is 4.12. The van der Waals surface area contributed by atoms with Crippen LogP contribution in [-0.4, -0.2) is 60.5 Å². The Morgan fingerprint density at radius 1 is 1.24 bits per heavy atom. The number of nitrogens with one attached hydrogen (secondary N) is 1. The van der Waals surface area contributed by atoms with Gasteiger partial charge >= 0.3 is 0 Å². The molecule has 10 heteroatoms. The largest absolute Gasteiger partial charge is 0.488 e. The van der Waals surface area contributed by atoms with Crippen LogP contribution in [0.2, 0.25) is 0 Å². The van der Waals surface area contributed by atoms with Crippen molar-refractivity contribution in [3.8, 4) is 17.0 Å². The number of hydrogen-bond acceptors (Lipinski definition) is 8. The summed E-state index contributed by atoms with van der Waals surface area (Å²) in [6.07, 6.45) is 8.52. The molecule has 0 bridgehead atoms. The monoisotopic (exact) mass is 447 g/mol. The quantitative estimate of drug-likeness (QED) is 0.424. The topological polar surface area (TPSA) is 111 Å². The van der Waals surface area contributed by atoms with Gasteiger partial charge in [0.25, 0.3) is 0 Å². The predicted octanol–water partition coefficient (Wildman–Crippen LogP) is 2.89.